The van der Waals surface area contributed by atoms with E-state index in [1.54, 1.807) is 6.26 Å². The summed E-state index contributed by atoms with van der Waals surface area (Å²) in [5, 5.41) is 0. The van der Waals surface area contributed by atoms with E-state index >= 15 is 0 Å². The molecule has 0 aliphatic heterocycles. The minimum atomic E-state index is -0.753. The first-order valence-electron chi connectivity index (χ1n) is 1.01. The quantitative estimate of drug-likeness (QED) is 0.314. The lowest BCUT2D eigenvalue weighted by atomic mass is 11.9. The molecule has 0 N–H and O–H groups in total. The maximum absolute atomic E-state index is 9.14. The molecule has 0 atom stereocenters. The topological polar surface area (TPSA) is 29.4 Å². The van der Waals surface area contributed by atoms with E-state index in [0.29, 0.717) is 0 Å². The normalized spacial score (nSPS) is 8.20. The van der Waals surface area contributed by atoms with E-state index in [9.17, 15) is 0 Å². The monoisotopic (exact) mass is 90.0 g/mol. The van der Waals surface area contributed by atoms with Crippen molar-refractivity contribution in [3.8, 4) is 5.69 Å². The van der Waals surface area contributed by atoms with Gasteiger partial charge in [0.25, 0.3) is 0 Å². The fraction of sp³-hybridized carbons (Fsp3) is 0.500. The highest BCUT2D eigenvalue weighted by molar-refractivity contribution is 7.84. The summed E-state index contributed by atoms with van der Waals surface area (Å²) in [6, 6.07) is 0. The van der Waals surface area contributed by atoms with Crippen LogP contribution < -0.4 is 0 Å². The van der Waals surface area contributed by atoms with Gasteiger partial charge in [-0.05, 0) is 0 Å². The van der Waals surface area contributed by atoms with Gasteiger partial charge in [-0.2, -0.15) is 9.49 Å². The summed E-state index contributed by atoms with van der Waals surface area (Å²) in [4.78, 5) is 9.14. The van der Waals surface area contributed by atoms with Crippen LogP contribution in [0.2, 0.25) is 0 Å². The molecule has 0 aromatic heterocycles. The Labute approximate surface area is 32.9 Å². The van der Waals surface area contributed by atoms with E-state index in [4.69, 9.17) is 10.6 Å². The van der Waals surface area contributed by atoms with Crippen LogP contribution >= 0.6 is 0 Å². The molecule has 0 radical (unpaired) electrons. The Bertz CT molecular complexity index is 89.6. The molecule has 0 heterocycles. The van der Waals surface area contributed by atoms with Crippen molar-refractivity contribution < 1.29 is 0 Å². The third-order valence-corrected chi connectivity index (χ3v) is 0.353. The molecule has 0 aliphatic carbocycles. The van der Waals surface area contributed by atoms with Gasteiger partial charge in [-0.15, -0.1) is 6.26 Å². The fourth-order valence-corrected chi connectivity index (χ4v) is 0. The van der Waals surface area contributed by atoms with Gasteiger partial charge in [0, 0.05) is 0 Å². The van der Waals surface area contributed by atoms with Crippen molar-refractivity contribution in [2.45, 2.75) is 0 Å². The number of hydrogen-bond acceptors (Lipinski definition) is 3. The molecule has 0 aromatic carbocycles. The molecule has 0 amide bonds. The summed E-state index contributed by atoms with van der Waals surface area (Å²) >= 11 is 0. The van der Waals surface area contributed by atoms with Crippen molar-refractivity contribution >= 4 is 10.5 Å². The number of hydrogen-bond donors (Lipinski definition) is 0. The second-order valence-corrected chi connectivity index (χ2v) is 1.79. The largest absolute Gasteiger partial charge is 0.308 e. The molecule has 2 nitrogen and oxygen atoms in total. The van der Waals surface area contributed by atoms with Crippen LogP contribution in [0, 0.1) is 10.6 Å². The van der Waals surface area contributed by atoms with Gasteiger partial charge in [-0.1, -0.05) is 0 Å². The summed E-state index contributed by atoms with van der Waals surface area (Å²) in [7, 11) is -0.753. The highest BCUT2D eigenvalue weighted by atomic mass is 32.2. The van der Waals surface area contributed by atoms with E-state index < -0.39 is 10.5 Å². The van der Waals surface area contributed by atoms with E-state index in [1.165, 1.54) is 0 Å². The van der Waals surface area contributed by atoms with E-state index in [0.717, 1.165) is 0 Å². The minimum absolute atomic E-state index is 0.753. The van der Waals surface area contributed by atoms with Crippen LogP contribution in [0.3, 0.4) is 0 Å². The maximum atomic E-state index is 9.14. The Balaban J connectivity index is 3.36. The first-order valence-corrected chi connectivity index (χ1v) is 2.66. The summed E-state index contributed by atoms with van der Waals surface area (Å²) in [6.45, 7) is 0. The molecule has 0 rings (SSSR count). The first kappa shape index (κ1) is 4.73. The molecule has 0 bridgehead atoms. The summed E-state index contributed by atoms with van der Waals surface area (Å²) in [5.41, 5.74) is 4.84. The van der Waals surface area contributed by atoms with Crippen molar-refractivity contribution in [2.75, 3.05) is 6.26 Å². The van der Waals surface area contributed by atoms with Gasteiger partial charge in [0.1, 0.15) is 0 Å². The fourth-order valence-electron chi connectivity index (χ4n) is 0. The predicted molar refractivity (Wildman–Crippen MR) is 24.0 cm³/mol. The van der Waals surface area contributed by atoms with E-state index in [2.05, 4.69) is 4.58 Å². The zero-order valence-electron chi connectivity index (χ0n) is 2.84. The molecular formula is C2H4NOS-. The lowest BCUT2D eigenvalue weighted by Crippen LogP contribution is -1.60. The third-order valence-electron chi connectivity index (χ3n) is 0.118. The second-order valence-electron chi connectivity index (χ2n) is 0.598. The zero-order chi connectivity index (χ0) is 4.28. The van der Waals surface area contributed by atoms with Gasteiger partial charge in [0.2, 0.25) is 0 Å². The lowest BCUT2D eigenvalue weighted by molar-refractivity contribution is 1.86. The molecule has 30 valence electrons. The smallest absolute Gasteiger partial charge is 0.125 e. The van der Waals surface area contributed by atoms with E-state index in [1.807, 2.05) is 0 Å². The predicted octanol–water partition coefficient (Wildman–Crippen LogP) is 0.505. The minimum Gasteiger partial charge on any atom is -0.308 e. The Morgan fingerprint density at radius 1 is 2.00 bits per heavy atom. The van der Waals surface area contributed by atoms with Crippen LogP contribution in [0.15, 0.2) is 4.58 Å². The van der Waals surface area contributed by atoms with Gasteiger partial charge in [-0.25, -0.2) is 0 Å². The van der Waals surface area contributed by atoms with Crippen LogP contribution in [-0.2, 0) is 10.5 Å². The number of rotatable bonds is 0. The van der Waals surface area contributed by atoms with Crippen LogP contribution in [-0.4, -0.2) is 6.26 Å². The summed E-state index contributed by atoms with van der Waals surface area (Å²) in [5.74, 6) is 0. The average Bonchev–Trinajstić information content (AvgIpc) is 1.38. The zero-order valence-corrected chi connectivity index (χ0v) is 3.66. The van der Waals surface area contributed by atoms with Gasteiger partial charge >= 0.3 is 0 Å². The molecule has 5 heavy (non-hydrogen) atoms. The third kappa shape index (κ3) is 3.73. The van der Waals surface area contributed by atoms with Crippen molar-refractivity contribution in [2.24, 2.45) is 4.58 Å². The van der Waals surface area contributed by atoms with Crippen molar-refractivity contribution in [1.29, 1.82) is 0 Å². The Morgan fingerprint density at radius 3 is 2.20 bits per heavy atom. The standard InChI is InChI=1S/C2H4NOS/c1-5(2)3-4/h1H,2H3/q-1. The molecule has 0 spiro atoms. The molecule has 0 unspecified atom stereocenters. The van der Waals surface area contributed by atoms with Crippen LogP contribution in [0.5, 0.6) is 0 Å². The Kier molecular flexibility index (Phi) is 1.89. The highest BCUT2D eigenvalue weighted by Crippen LogP contribution is 1.63. The maximum Gasteiger partial charge on any atom is -0.125 e. The Morgan fingerprint density at radius 2 is 2.20 bits per heavy atom. The molecule has 0 fully saturated rings. The van der Waals surface area contributed by atoms with Gasteiger partial charge in [0.15, 0.2) is 0 Å². The molecule has 0 aliphatic rings. The molecule has 0 saturated carbocycles. The second kappa shape index (κ2) is 2.00. The molecule has 0 aromatic rings. The van der Waals surface area contributed by atoms with Crippen LogP contribution in [0.4, 0.5) is 0 Å². The highest BCUT2D eigenvalue weighted by Gasteiger charge is 1.37. The van der Waals surface area contributed by atoms with Gasteiger partial charge < -0.3 is 10.5 Å². The average molecular weight is 90.1 g/mol. The molecular weight excluding hydrogens is 86.1 g/mol. The first-order chi connectivity index (χ1) is 2.27. The van der Waals surface area contributed by atoms with Crippen molar-refractivity contribution in [3.63, 3.8) is 0 Å². The summed E-state index contributed by atoms with van der Waals surface area (Å²) in [6.07, 6.45) is 1.55. The molecule has 3 heteroatoms. The lowest BCUT2D eigenvalue weighted by Gasteiger charge is -1.84. The number of nitrogens with zero attached hydrogens (tertiary/aromatic N) is 1. The van der Waals surface area contributed by atoms with Crippen LogP contribution in [0.1, 0.15) is 0 Å². The number of nitroso groups, excluding NO2 is 1. The Hall–Kier alpha value is -0.270. The van der Waals surface area contributed by atoms with Gasteiger partial charge in [0.05, 0.1) is 0 Å². The summed E-state index contributed by atoms with van der Waals surface area (Å²) < 4.78 is 2.44. The SMILES string of the molecule is C#[S-](C)N=O. The van der Waals surface area contributed by atoms with Crippen molar-refractivity contribution in [3.05, 3.63) is 4.91 Å². The van der Waals surface area contributed by atoms with E-state index in [-0.39, 0.29) is 0 Å². The van der Waals surface area contributed by atoms with Crippen molar-refractivity contribution in [1.82, 2.24) is 0 Å². The van der Waals surface area contributed by atoms with Gasteiger partial charge in [-0.3, -0.25) is 5.69 Å². The molecule has 0 saturated heterocycles. The van der Waals surface area contributed by atoms with Crippen LogP contribution in [0.25, 0.3) is 0 Å².